The zero-order chi connectivity index (χ0) is 17.8. The molecule has 0 aliphatic carbocycles. The fraction of sp³-hybridized carbons (Fsp3) is 0.500. The summed E-state index contributed by atoms with van der Waals surface area (Å²) < 4.78 is 24.7. The Hall–Kier alpha value is -2.16. The van der Waals surface area contributed by atoms with Gasteiger partial charge in [0, 0.05) is 18.2 Å². The van der Waals surface area contributed by atoms with E-state index in [0.717, 1.165) is 16.6 Å². The van der Waals surface area contributed by atoms with Gasteiger partial charge in [0.25, 0.3) is 5.69 Å². The van der Waals surface area contributed by atoms with Crippen LogP contribution in [0.4, 0.5) is 11.4 Å². The summed E-state index contributed by atoms with van der Waals surface area (Å²) in [5.74, 6) is -0.272. The third kappa shape index (κ3) is 5.51. The molecule has 0 unspecified atom stereocenters. The standard InChI is InChI=1S/C14H21N3O5S/c1-10(2)11(3)15-14(18)9-16(23(4,21)22)12-6-5-7-13(8-12)17(19)20/h5-8,10-11H,9H2,1-4H3,(H,15,18)/t11-/m0/s1. The highest BCUT2D eigenvalue weighted by Gasteiger charge is 2.23. The lowest BCUT2D eigenvalue weighted by Gasteiger charge is -2.24. The Bertz CT molecular complexity index is 687. The van der Waals surface area contributed by atoms with Gasteiger partial charge in [0.1, 0.15) is 6.54 Å². The molecule has 128 valence electrons. The SMILES string of the molecule is CC(C)[C@H](C)NC(=O)CN(c1cccc([N+](=O)[O-])c1)S(C)(=O)=O. The maximum absolute atomic E-state index is 12.1. The number of benzene rings is 1. The summed E-state index contributed by atoms with van der Waals surface area (Å²) in [5, 5.41) is 13.5. The summed E-state index contributed by atoms with van der Waals surface area (Å²) in [4.78, 5) is 22.3. The first kappa shape index (κ1) is 18.9. The van der Waals surface area contributed by atoms with Crippen molar-refractivity contribution in [3.8, 4) is 0 Å². The summed E-state index contributed by atoms with van der Waals surface area (Å²) in [6.07, 6.45) is 0.949. The molecule has 1 rings (SSSR count). The molecule has 1 aromatic rings. The Kier molecular flexibility index (Phi) is 6.08. The van der Waals surface area contributed by atoms with E-state index in [4.69, 9.17) is 0 Å². The molecular weight excluding hydrogens is 322 g/mol. The number of rotatable bonds is 7. The van der Waals surface area contributed by atoms with E-state index in [1.807, 2.05) is 20.8 Å². The first-order valence-electron chi connectivity index (χ1n) is 7.04. The first-order chi connectivity index (χ1) is 10.5. The summed E-state index contributed by atoms with van der Waals surface area (Å²) >= 11 is 0. The second-order valence-electron chi connectivity index (χ2n) is 5.65. The normalized spacial score (nSPS) is 12.7. The van der Waals surface area contributed by atoms with Crippen molar-refractivity contribution in [2.24, 2.45) is 5.92 Å². The summed E-state index contributed by atoms with van der Waals surface area (Å²) in [6.45, 7) is 5.25. The highest BCUT2D eigenvalue weighted by Crippen LogP contribution is 2.22. The van der Waals surface area contributed by atoms with Crippen LogP contribution < -0.4 is 9.62 Å². The van der Waals surface area contributed by atoms with Gasteiger partial charge in [-0.25, -0.2) is 8.42 Å². The van der Waals surface area contributed by atoms with E-state index in [2.05, 4.69) is 5.32 Å². The third-order valence-corrected chi connectivity index (χ3v) is 4.55. The van der Waals surface area contributed by atoms with Crippen molar-refractivity contribution in [3.05, 3.63) is 34.4 Å². The number of nitrogens with one attached hydrogen (secondary N) is 1. The van der Waals surface area contributed by atoms with E-state index < -0.39 is 27.4 Å². The molecule has 8 nitrogen and oxygen atoms in total. The Balaban J connectivity index is 3.05. The van der Waals surface area contributed by atoms with Crippen LogP contribution in [-0.2, 0) is 14.8 Å². The highest BCUT2D eigenvalue weighted by molar-refractivity contribution is 7.92. The molecule has 0 saturated carbocycles. The largest absolute Gasteiger partial charge is 0.352 e. The molecule has 0 spiro atoms. The number of non-ortho nitro benzene ring substituents is 1. The van der Waals surface area contributed by atoms with Gasteiger partial charge < -0.3 is 5.32 Å². The van der Waals surface area contributed by atoms with Crippen LogP contribution in [0.15, 0.2) is 24.3 Å². The van der Waals surface area contributed by atoms with Crippen LogP contribution in [0.2, 0.25) is 0 Å². The van der Waals surface area contributed by atoms with Gasteiger partial charge in [0.05, 0.1) is 16.9 Å². The first-order valence-corrected chi connectivity index (χ1v) is 8.88. The minimum absolute atomic E-state index is 0.0778. The molecule has 1 atom stereocenters. The van der Waals surface area contributed by atoms with Crippen LogP contribution in [0.1, 0.15) is 20.8 Å². The predicted octanol–water partition coefficient (Wildman–Crippen LogP) is 1.52. The second kappa shape index (κ2) is 7.40. The number of hydrogen-bond acceptors (Lipinski definition) is 5. The van der Waals surface area contributed by atoms with Gasteiger partial charge >= 0.3 is 0 Å². The van der Waals surface area contributed by atoms with Crippen molar-refractivity contribution in [2.45, 2.75) is 26.8 Å². The Morgan fingerprint density at radius 1 is 1.35 bits per heavy atom. The highest BCUT2D eigenvalue weighted by atomic mass is 32.2. The average molecular weight is 343 g/mol. The van der Waals surface area contributed by atoms with Crippen molar-refractivity contribution in [1.29, 1.82) is 0 Å². The van der Waals surface area contributed by atoms with Gasteiger partial charge in [0.15, 0.2) is 0 Å². The van der Waals surface area contributed by atoms with Gasteiger partial charge in [-0.15, -0.1) is 0 Å². The zero-order valence-corrected chi connectivity index (χ0v) is 14.3. The van der Waals surface area contributed by atoms with E-state index in [0.29, 0.717) is 0 Å². The van der Waals surface area contributed by atoms with Crippen molar-refractivity contribution in [1.82, 2.24) is 5.32 Å². The lowest BCUT2D eigenvalue weighted by Crippen LogP contribution is -2.44. The molecule has 0 heterocycles. The number of carbonyl (C=O) groups is 1. The lowest BCUT2D eigenvalue weighted by molar-refractivity contribution is -0.384. The number of hydrogen-bond donors (Lipinski definition) is 1. The van der Waals surface area contributed by atoms with E-state index >= 15 is 0 Å². The number of anilines is 1. The van der Waals surface area contributed by atoms with Crippen LogP contribution in [-0.4, -0.2) is 38.1 Å². The predicted molar refractivity (Wildman–Crippen MR) is 87.7 cm³/mol. The van der Waals surface area contributed by atoms with Gasteiger partial charge in [-0.2, -0.15) is 0 Å². The van der Waals surface area contributed by atoms with Crippen molar-refractivity contribution >= 4 is 27.3 Å². The Morgan fingerprint density at radius 2 is 1.96 bits per heavy atom. The molecule has 0 radical (unpaired) electrons. The molecule has 0 bridgehead atoms. The van der Waals surface area contributed by atoms with Crippen LogP contribution in [0, 0.1) is 16.0 Å². The number of nitrogens with zero attached hydrogens (tertiary/aromatic N) is 2. The third-order valence-electron chi connectivity index (χ3n) is 3.40. The van der Waals surface area contributed by atoms with Crippen molar-refractivity contribution in [2.75, 3.05) is 17.1 Å². The molecule has 0 saturated heterocycles. The topological polar surface area (TPSA) is 110 Å². The minimum atomic E-state index is -3.76. The minimum Gasteiger partial charge on any atom is -0.352 e. The fourth-order valence-electron chi connectivity index (χ4n) is 1.76. The monoisotopic (exact) mass is 343 g/mol. The molecule has 0 fully saturated rings. The van der Waals surface area contributed by atoms with Crippen LogP contribution in [0.25, 0.3) is 0 Å². The zero-order valence-electron chi connectivity index (χ0n) is 13.5. The molecule has 0 aromatic heterocycles. The summed E-state index contributed by atoms with van der Waals surface area (Å²) in [7, 11) is -3.76. The Morgan fingerprint density at radius 3 is 2.43 bits per heavy atom. The van der Waals surface area contributed by atoms with Gasteiger partial charge in [-0.1, -0.05) is 19.9 Å². The van der Waals surface area contributed by atoms with Crippen LogP contribution >= 0.6 is 0 Å². The van der Waals surface area contributed by atoms with E-state index in [-0.39, 0.29) is 23.3 Å². The molecule has 1 aromatic carbocycles. The lowest BCUT2D eigenvalue weighted by atomic mass is 10.1. The molecule has 0 aliphatic rings. The maximum Gasteiger partial charge on any atom is 0.271 e. The van der Waals surface area contributed by atoms with Crippen molar-refractivity contribution in [3.63, 3.8) is 0 Å². The molecule has 1 N–H and O–H groups in total. The number of sulfonamides is 1. The molecule has 1 amide bonds. The number of nitro groups is 1. The molecule has 0 aliphatic heterocycles. The fourth-order valence-corrected chi connectivity index (χ4v) is 2.61. The quantitative estimate of drug-likeness (QED) is 0.596. The number of nitro benzene ring substituents is 1. The van der Waals surface area contributed by atoms with Crippen LogP contribution in [0.5, 0.6) is 0 Å². The maximum atomic E-state index is 12.1. The van der Waals surface area contributed by atoms with Gasteiger partial charge in [0.2, 0.25) is 15.9 Å². The second-order valence-corrected chi connectivity index (χ2v) is 7.55. The van der Waals surface area contributed by atoms with E-state index in [1.54, 1.807) is 0 Å². The summed E-state index contributed by atoms with van der Waals surface area (Å²) in [5.41, 5.74) is -0.166. The number of amides is 1. The van der Waals surface area contributed by atoms with Gasteiger partial charge in [-0.3, -0.25) is 19.2 Å². The Labute approximate surface area is 135 Å². The smallest absolute Gasteiger partial charge is 0.271 e. The molecular formula is C14H21N3O5S. The number of carbonyl (C=O) groups excluding carboxylic acids is 1. The molecule has 9 heteroatoms. The van der Waals surface area contributed by atoms with E-state index in [9.17, 15) is 23.3 Å². The van der Waals surface area contributed by atoms with Crippen molar-refractivity contribution < 1.29 is 18.1 Å². The van der Waals surface area contributed by atoms with Crippen LogP contribution in [0.3, 0.4) is 0 Å². The average Bonchev–Trinajstić information content (AvgIpc) is 2.43. The van der Waals surface area contributed by atoms with E-state index in [1.165, 1.54) is 18.2 Å². The summed E-state index contributed by atoms with van der Waals surface area (Å²) in [6, 6.07) is 5.05. The van der Waals surface area contributed by atoms with Gasteiger partial charge in [-0.05, 0) is 18.9 Å². The molecule has 23 heavy (non-hydrogen) atoms.